The van der Waals surface area contributed by atoms with E-state index in [4.69, 9.17) is 4.74 Å². The Bertz CT molecular complexity index is 963. The number of carbonyl (C=O) groups is 1. The van der Waals surface area contributed by atoms with Gasteiger partial charge in [-0.25, -0.2) is 13.2 Å². The molecule has 0 amide bonds. The molecular formula is C18H23N3O4S. The molecule has 0 bridgehead atoms. The van der Waals surface area contributed by atoms with Gasteiger partial charge in [0.15, 0.2) is 5.69 Å². The van der Waals surface area contributed by atoms with E-state index in [1.165, 1.54) is 8.99 Å². The third-order valence-corrected chi connectivity index (χ3v) is 6.58. The molecule has 26 heavy (non-hydrogen) atoms. The molecule has 7 nitrogen and oxygen atoms in total. The first-order valence-electron chi connectivity index (χ1n) is 8.55. The van der Waals surface area contributed by atoms with Gasteiger partial charge in [-0.3, -0.25) is 4.68 Å². The zero-order chi connectivity index (χ0) is 19.1. The molecule has 2 heterocycles. The van der Waals surface area contributed by atoms with Gasteiger partial charge in [-0.15, -0.1) is 0 Å². The fraction of sp³-hybridized carbons (Fsp3) is 0.444. The van der Waals surface area contributed by atoms with Crippen molar-refractivity contribution in [1.29, 1.82) is 0 Å². The highest BCUT2D eigenvalue weighted by Crippen LogP contribution is 2.28. The van der Waals surface area contributed by atoms with E-state index < -0.39 is 16.0 Å². The first kappa shape index (κ1) is 18.6. The Labute approximate surface area is 153 Å². The number of rotatable bonds is 4. The Kier molecular flexibility index (Phi) is 4.90. The minimum atomic E-state index is -3.66. The third kappa shape index (κ3) is 3.14. The van der Waals surface area contributed by atoms with Crippen LogP contribution in [-0.4, -0.2) is 41.6 Å². The maximum atomic E-state index is 13.2. The number of benzene rings is 1. The summed E-state index contributed by atoms with van der Waals surface area (Å²) < 4.78 is 34.3. The van der Waals surface area contributed by atoms with Crippen LogP contribution < -0.4 is 0 Å². The van der Waals surface area contributed by atoms with Crippen molar-refractivity contribution in [2.24, 2.45) is 7.05 Å². The number of esters is 1. The number of sulfonamides is 1. The molecule has 0 unspecified atom stereocenters. The fourth-order valence-corrected chi connectivity index (χ4v) is 4.98. The molecule has 0 radical (unpaired) electrons. The maximum absolute atomic E-state index is 13.2. The van der Waals surface area contributed by atoms with E-state index >= 15 is 0 Å². The lowest BCUT2D eigenvalue weighted by Crippen LogP contribution is -2.36. The summed E-state index contributed by atoms with van der Waals surface area (Å²) in [5, 5.41) is 4.37. The number of hydrogen-bond acceptors (Lipinski definition) is 5. The maximum Gasteiger partial charge on any atom is 0.356 e. The molecule has 0 spiro atoms. The van der Waals surface area contributed by atoms with E-state index in [1.807, 2.05) is 19.1 Å². The first-order chi connectivity index (χ1) is 12.3. The summed E-state index contributed by atoms with van der Waals surface area (Å²) in [4.78, 5) is 12.6. The molecule has 1 aromatic heterocycles. The van der Waals surface area contributed by atoms with Gasteiger partial charge in [0.1, 0.15) is 0 Å². The number of carbonyl (C=O) groups excluding carboxylic acids is 1. The normalized spacial score (nSPS) is 14.9. The molecular weight excluding hydrogens is 354 g/mol. The Morgan fingerprint density at radius 3 is 2.73 bits per heavy atom. The average Bonchev–Trinajstić information content (AvgIpc) is 2.92. The molecule has 140 valence electrons. The van der Waals surface area contributed by atoms with E-state index in [0.29, 0.717) is 34.7 Å². The van der Waals surface area contributed by atoms with E-state index in [0.717, 1.165) is 11.3 Å². The second-order valence-electron chi connectivity index (χ2n) is 6.48. The summed E-state index contributed by atoms with van der Waals surface area (Å²) in [6.45, 7) is 6.10. The van der Waals surface area contributed by atoms with E-state index in [9.17, 15) is 13.2 Å². The predicted molar refractivity (Wildman–Crippen MR) is 96.4 cm³/mol. The quantitative estimate of drug-likeness (QED) is 0.761. The summed E-state index contributed by atoms with van der Waals surface area (Å²) in [7, 11) is -1.98. The van der Waals surface area contributed by atoms with Gasteiger partial charge in [0.05, 0.1) is 17.2 Å². The number of nitrogens with zero attached hydrogens (tertiary/aromatic N) is 3. The molecule has 1 aromatic carbocycles. The molecule has 2 aromatic rings. The van der Waals surface area contributed by atoms with Crippen LogP contribution in [0.4, 0.5) is 0 Å². The number of ether oxygens (including phenoxy) is 1. The smallest absolute Gasteiger partial charge is 0.356 e. The van der Waals surface area contributed by atoms with E-state index in [1.54, 1.807) is 27.0 Å². The summed E-state index contributed by atoms with van der Waals surface area (Å²) in [6.07, 6.45) is 0.465. The second-order valence-corrected chi connectivity index (χ2v) is 8.38. The molecule has 0 aliphatic carbocycles. The first-order valence-corrected chi connectivity index (χ1v) is 9.99. The number of aromatic nitrogens is 2. The zero-order valence-electron chi connectivity index (χ0n) is 15.4. The van der Waals surface area contributed by atoms with Crippen LogP contribution >= 0.6 is 0 Å². The van der Waals surface area contributed by atoms with Gasteiger partial charge in [-0.1, -0.05) is 12.1 Å². The minimum Gasteiger partial charge on any atom is -0.461 e. The summed E-state index contributed by atoms with van der Waals surface area (Å²) in [5.74, 6) is -0.477. The monoisotopic (exact) mass is 377 g/mol. The second kappa shape index (κ2) is 6.85. The van der Waals surface area contributed by atoms with Crippen molar-refractivity contribution < 1.29 is 17.9 Å². The van der Waals surface area contributed by atoms with E-state index in [2.05, 4.69) is 5.10 Å². The molecule has 0 fully saturated rings. The van der Waals surface area contributed by atoms with Crippen LogP contribution in [0.2, 0.25) is 0 Å². The van der Waals surface area contributed by atoms with Crippen molar-refractivity contribution in [2.75, 3.05) is 13.2 Å². The predicted octanol–water partition coefficient (Wildman–Crippen LogP) is 1.96. The van der Waals surface area contributed by atoms with Gasteiger partial charge in [0.25, 0.3) is 0 Å². The lowest BCUT2D eigenvalue weighted by molar-refractivity contribution is 0.0511. The van der Waals surface area contributed by atoms with Crippen LogP contribution in [0, 0.1) is 13.8 Å². The van der Waals surface area contributed by atoms with Crippen molar-refractivity contribution in [3.8, 4) is 0 Å². The Morgan fingerprint density at radius 2 is 2.04 bits per heavy atom. The highest BCUT2D eigenvalue weighted by molar-refractivity contribution is 7.89. The van der Waals surface area contributed by atoms with Crippen molar-refractivity contribution in [3.63, 3.8) is 0 Å². The molecule has 0 saturated heterocycles. The van der Waals surface area contributed by atoms with E-state index in [-0.39, 0.29) is 13.2 Å². The van der Waals surface area contributed by atoms with Crippen LogP contribution in [0.3, 0.4) is 0 Å². The SMILES string of the molecule is CCOC(=O)c1c2c(nn1C)CCN(S(=O)(=O)c1cc(C)ccc1C)C2. The fourth-order valence-electron chi connectivity index (χ4n) is 3.26. The summed E-state index contributed by atoms with van der Waals surface area (Å²) >= 11 is 0. The topological polar surface area (TPSA) is 81.5 Å². The highest BCUT2D eigenvalue weighted by atomic mass is 32.2. The van der Waals surface area contributed by atoms with Gasteiger partial charge < -0.3 is 4.74 Å². The molecule has 1 aliphatic rings. The van der Waals surface area contributed by atoms with Crippen molar-refractivity contribution in [1.82, 2.24) is 14.1 Å². The molecule has 1 aliphatic heterocycles. The molecule has 8 heteroatoms. The molecule has 0 N–H and O–H groups in total. The minimum absolute atomic E-state index is 0.118. The van der Waals surface area contributed by atoms with Gasteiger partial charge in [-0.05, 0) is 38.0 Å². The highest BCUT2D eigenvalue weighted by Gasteiger charge is 2.34. The van der Waals surface area contributed by atoms with Gasteiger partial charge in [0, 0.05) is 32.1 Å². The van der Waals surface area contributed by atoms with Crippen LogP contribution in [0.5, 0.6) is 0 Å². The van der Waals surface area contributed by atoms with Crippen molar-refractivity contribution in [3.05, 3.63) is 46.3 Å². The van der Waals surface area contributed by atoms with Crippen molar-refractivity contribution >= 4 is 16.0 Å². The summed E-state index contributed by atoms with van der Waals surface area (Å²) in [5.41, 5.74) is 3.30. The Hall–Kier alpha value is -2.19. The lowest BCUT2D eigenvalue weighted by atomic mass is 10.1. The van der Waals surface area contributed by atoms with Crippen LogP contribution in [0.1, 0.15) is 39.8 Å². The molecule has 3 rings (SSSR count). The van der Waals surface area contributed by atoms with Crippen LogP contribution in [0.25, 0.3) is 0 Å². The van der Waals surface area contributed by atoms with Gasteiger partial charge in [-0.2, -0.15) is 9.40 Å². The largest absolute Gasteiger partial charge is 0.461 e. The lowest BCUT2D eigenvalue weighted by Gasteiger charge is -2.26. The van der Waals surface area contributed by atoms with Crippen LogP contribution in [-0.2, 0) is 34.8 Å². The van der Waals surface area contributed by atoms with Crippen molar-refractivity contribution in [2.45, 2.75) is 38.6 Å². The molecule has 0 atom stereocenters. The summed E-state index contributed by atoms with van der Waals surface area (Å²) in [6, 6.07) is 5.39. The standard InChI is InChI=1S/C18H23N3O4S/c1-5-25-18(22)17-14-11-21(9-8-15(14)19-20(17)4)26(23,24)16-10-12(2)6-7-13(16)3/h6-7,10H,5,8-9,11H2,1-4H3. The Morgan fingerprint density at radius 1 is 1.31 bits per heavy atom. The Balaban J connectivity index is 2.00. The zero-order valence-corrected chi connectivity index (χ0v) is 16.3. The average molecular weight is 377 g/mol. The molecule has 0 saturated carbocycles. The van der Waals surface area contributed by atoms with Gasteiger partial charge >= 0.3 is 5.97 Å². The van der Waals surface area contributed by atoms with Gasteiger partial charge in [0.2, 0.25) is 10.0 Å². The number of hydrogen-bond donors (Lipinski definition) is 0. The number of aryl methyl sites for hydroxylation is 3. The van der Waals surface area contributed by atoms with Crippen LogP contribution in [0.15, 0.2) is 23.1 Å². The number of fused-ring (bicyclic) bond motifs is 1. The third-order valence-electron chi connectivity index (χ3n) is 4.59.